The van der Waals surface area contributed by atoms with Crippen molar-refractivity contribution in [3.8, 4) is 40.4 Å². The normalized spacial score (nSPS) is 11.3. The number of amides is 2. The highest BCUT2D eigenvalue weighted by atomic mass is 16.5. The van der Waals surface area contributed by atoms with E-state index in [-0.39, 0.29) is 44.9 Å². The third kappa shape index (κ3) is 45.6. The molecule has 17 nitrogen and oxygen atoms in total. The summed E-state index contributed by atoms with van der Waals surface area (Å²) >= 11 is 0. The molecule has 14 aromatic rings. The number of nitrogens with one attached hydrogen (secondary N) is 2. The van der Waals surface area contributed by atoms with E-state index in [4.69, 9.17) is 42.0 Å². The van der Waals surface area contributed by atoms with Crippen LogP contribution in [0.3, 0.4) is 0 Å². The first-order valence-electron chi connectivity index (χ1n) is 47.2. The van der Waals surface area contributed by atoms with Crippen molar-refractivity contribution in [2.75, 3.05) is 10.6 Å². The number of anilines is 2. The maximum atomic E-state index is 12.0. The summed E-state index contributed by atoms with van der Waals surface area (Å²) in [5.41, 5.74) is 17.1. The highest BCUT2D eigenvalue weighted by Crippen LogP contribution is 2.30. The molecule has 137 heavy (non-hydrogen) atoms. The Hall–Kier alpha value is -13.5. The van der Waals surface area contributed by atoms with E-state index >= 15 is 0 Å². The van der Waals surface area contributed by atoms with Crippen molar-refractivity contribution in [2.45, 2.75) is 261 Å². The number of nitrogens with zero attached hydrogens (tertiary/aromatic N) is 4. The number of benzene rings is 8. The summed E-state index contributed by atoms with van der Waals surface area (Å²) in [4.78, 5) is 41.0. The lowest BCUT2D eigenvalue weighted by atomic mass is 9.88. The van der Waals surface area contributed by atoms with Crippen molar-refractivity contribution in [3.63, 3.8) is 0 Å². The van der Waals surface area contributed by atoms with Gasteiger partial charge >= 0.3 is 0 Å². The first-order chi connectivity index (χ1) is 64.5. The minimum absolute atomic E-state index is 0.102. The van der Waals surface area contributed by atoms with Gasteiger partial charge in [0.15, 0.2) is 11.5 Å². The van der Waals surface area contributed by atoms with E-state index in [1.165, 1.54) is 44.5 Å². The van der Waals surface area contributed by atoms with E-state index in [9.17, 15) is 9.59 Å². The van der Waals surface area contributed by atoms with Crippen LogP contribution in [0.2, 0.25) is 0 Å². The molecule has 8 aromatic carbocycles. The fourth-order valence-electron chi connectivity index (χ4n) is 13.3. The Labute approximate surface area is 817 Å². The number of hydrogen-bond donors (Lipinski definition) is 2. The highest BCUT2D eigenvalue weighted by Gasteiger charge is 2.23. The summed E-state index contributed by atoms with van der Waals surface area (Å²) in [6, 6.07) is 89.8. The predicted octanol–water partition coefficient (Wildman–Crippen LogP) is 30.3. The van der Waals surface area contributed by atoms with Gasteiger partial charge in [0.05, 0.1) is 0 Å². The number of pyridine rings is 4. The average molecular weight is 1850 g/mol. The monoisotopic (exact) mass is 1850 g/mol. The molecule has 0 unspecified atom stereocenters. The van der Waals surface area contributed by atoms with Crippen LogP contribution in [0.4, 0.5) is 11.4 Å². The van der Waals surface area contributed by atoms with E-state index in [2.05, 4.69) is 226 Å². The predicted molar refractivity (Wildman–Crippen MR) is 560 cm³/mol. The number of aromatic nitrogens is 4. The van der Waals surface area contributed by atoms with E-state index < -0.39 is 0 Å². The fourth-order valence-corrected chi connectivity index (χ4v) is 13.3. The Kier molecular flexibility index (Phi) is 41.3. The van der Waals surface area contributed by atoms with Crippen LogP contribution in [0, 0.1) is 50.9 Å². The lowest BCUT2D eigenvalue weighted by Gasteiger charge is -2.21. The lowest BCUT2D eigenvalue weighted by molar-refractivity contribution is 0.0986. The maximum Gasteiger partial charge on any atom is 0.291 e. The van der Waals surface area contributed by atoms with Gasteiger partial charge in [0.25, 0.3) is 11.8 Å². The van der Waals surface area contributed by atoms with Crippen LogP contribution < -0.4 is 43.8 Å². The molecule has 0 aliphatic carbocycles. The van der Waals surface area contributed by atoms with Crippen LogP contribution in [-0.2, 0) is 63.9 Å². The van der Waals surface area contributed by atoms with E-state index in [0.29, 0.717) is 54.9 Å². The number of aryl methyl sites for hydroxylation is 7. The number of carbonyl (C=O) groups excluding carboxylic acids is 2. The first-order valence-corrected chi connectivity index (χ1v) is 47.2. The van der Waals surface area contributed by atoms with Crippen molar-refractivity contribution in [1.29, 1.82) is 0 Å². The molecule has 2 amide bonds. The van der Waals surface area contributed by atoms with Crippen LogP contribution >= 0.6 is 0 Å². The van der Waals surface area contributed by atoms with Crippen molar-refractivity contribution in [2.24, 2.45) is 16.2 Å². The summed E-state index contributed by atoms with van der Waals surface area (Å²) in [5, 5.41) is 5.55. The number of furan rings is 2. The van der Waals surface area contributed by atoms with Crippen molar-refractivity contribution in [1.82, 2.24) is 19.9 Å². The Morgan fingerprint density at radius 3 is 1.15 bits per heavy atom. The zero-order valence-electron chi connectivity index (χ0n) is 86.0. The smallest absolute Gasteiger partial charge is 0.291 e. The van der Waals surface area contributed by atoms with Crippen LogP contribution in [-0.4, -0.2) is 48.6 Å². The zero-order valence-corrected chi connectivity index (χ0v) is 86.0. The van der Waals surface area contributed by atoms with Gasteiger partial charge in [-0.3, -0.25) is 24.5 Å². The molecule has 724 valence electrons. The Balaban J connectivity index is 0.000000196. The van der Waals surface area contributed by atoms with Gasteiger partial charge in [0.1, 0.15) is 89.2 Å². The molecule has 0 atom stereocenters. The molecule has 14 rings (SSSR count). The summed E-state index contributed by atoms with van der Waals surface area (Å²) in [5.74, 6) is 7.86. The van der Waals surface area contributed by atoms with E-state index in [0.717, 1.165) is 112 Å². The number of carbonyl (C=O) groups is 2. The summed E-state index contributed by atoms with van der Waals surface area (Å²) in [6.07, 6.45) is 13.6. The number of hydrogen-bond acceptors (Lipinski definition) is 15. The molecule has 6 aromatic heterocycles. The molecule has 0 radical (unpaired) electrons. The quantitative estimate of drug-likeness (QED) is 0.0547. The molecule has 0 aliphatic rings. The number of ether oxygens (including phenoxy) is 7. The number of rotatable bonds is 25. The van der Waals surface area contributed by atoms with Crippen LogP contribution in [0.15, 0.2) is 313 Å². The van der Waals surface area contributed by atoms with Gasteiger partial charge in [0, 0.05) is 88.8 Å². The van der Waals surface area contributed by atoms with Crippen molar-refractivity contribution < 1.29 is 51.6 Å². The second kappa shape index (κ2) is 52.0. The molecule has 0 spiro atoms. The lowest BCUT2D eigenvalue weighted by Crippen LogP contribution is -2.23. The second-order valence-electron chi connectivity index (χ2n) is 42.1. The largest absolute Gasteiger partial charge is 0.489 e. The van der Waals surface area contributed by atoms with E-state index in [1.54, 1.807) is 42.9 Å². The van der Waals surface area contributed by atoms with Gasteiger partial charge in [-0.15, -0.1) is 0 Å². The molecule has 6 heterocycles. The van der Waals surface area contributed by atoms with Gasteiger partial charge in [-0.05, 0) is 311 Å². The minimum Gasteiger partial charge on any atom is -0.489 e. The second-order valence-corrected chi connectivity index (χ2v) is 42.1. The van der Waals surface area contributed by atoms with Gasteiger partial charge < -0.3 is 52.6 Å². The minimum atomic E-state index is -0.253. The molecular weight excluding hydrogens is 1700 g/mol. The third-order valence-electron chi connectivity index (χ3n) is 19.6. The van der Waals surface area contributed by atoms with Gasteiger partial charge in [-0.2, -0.15) is 0 Å². The van der Waals surface area contributed by atoms with Crippen LogP contribution in [0.25, 0.3) is 0 Å². The molecule has 0 bridgehead atoms. The maximum absolute atomic E-state index is 12.0. The van der Waals surface area contributed by atoms with Gasteiger partial charge in [-0.25, -0.2) is 4.98 Å². The summed E-state index contributed by atoms with van der Waals surface area (Å²) < 4.78 is 51.6. The molecule has 0 saturated heterocycles. The van der Waals surface area contributed by atoms with Crippen LogP contribution in [0.1, 0.15) is 251 Å². The SMILES string of the molecule is CC(C)(C)Cc1ccc(C(=O)Nc2ccccc2)o1.CC(C)(C)c1ccc(C(=O)Nc2ccncc2)o1.Cc1ccc(CCc2cc(OC(C)(C)C)ccn2)cc1.Cc1cccc(OCc2ccc(CC(C)(C)C)cc2)c1.Cc1cccc(OCc2ccc(CC(C)(C)C)nc2)c1.Cc1cccc(OCc2ccc(OC(C)(C)C)cc2)c1.Cc1cccc(OCc2ccc(OC(C)(C)C)nc2)c1. The molecule has 17 heteroatoms. The van der Waals surface area contributed by atoms with Gasteiger partial charge in [0.2, 0.25) is 5.88 Å². The zero-order chi connectivity index (χ0) is 100.0. The number of para-hydroxylation sites is 1. The Bertz CT molecular complexity index is 5480. The highest BCUT2D eigenvalue weighted by molar-refractivity contribution is 6.02. The Morgan fingerprint density at radius 2 is 0.715 bits per heavy atom. The summed E-state index contributed by atoms with van der Waals surface area (Å²) in [6.45, 7) is 56.9. The van der Waals surface area contributed by atoms with Crippen molar-refractivity contribution in [3.05, 3.63) is 400 Å². The first kappa shape index (κ1) is 109. The average Bonchev–Trinajstić information content (AvgIpc) is 1.74. The standard InChI is InChI=1S/C19H24O.2C18H23NO.C18H22O2.C17H21NO2.C16H19NO2.C14H16N2O2/c1-15-6-5-7-18(12-15)20-14-17-10-8-16(9-11-17)13-19(2,3)4;1-14-5-7-15(8-6-14)9-10-16-13-17(11-12-19-16)20-18(2,3)4;1-14-6-5-7-17(10-14)20-13-15-8-9-16(19-12-15)11-18(2,3)4;1-14-6-5-7-17(12-14)19-13-15-8-10-16(11-9-15)20-18(2,3)4;1-13-6-5-7-15(10-13)19-12-14-8-9-16(18-11-14)20-17(2,3)4;1-16(2,3)11-13-9-10-14(19-13)15(18)17-12-7-5-4-6-8-12;1-14(2,3)12-5-4-11(18-12)13(17)16-10-6-8-15-9-7-10/h5-12H,13-14H2,1-4H3;5-8,11-13H,9-10H2,1-4H3;5-10,12H,11,13H2,1-4H3;5-12H,13H2,1-4H3;5-11H,12H2,1-4H3;4-10H,11H2,1-3H3,(H,17,18);4-9H,1-3H3,(H,15,16,17). The molecule has 2 N–H and O–H groups in total. The van der Waals surface area contributed by atoms with Gasteiger partial charge in [-0.1, -0.05) is 222 Å². The molecule has 0 saturated carbocycles. The van der Waals surface area contributed by atoms with Crippen LogP contribution in [0.5, 0.6) is 40.4 Å². The molecular formula is C120H148N6O11. The molecule has 0 fully saturated rings. The topological polar surface area (TPSA) is 201 Å². The third-order valence-corrected chi connectivity index (χ3v) is 19.6. The fraction of sp³-hybridized carbons (Fsp3) is 0.350. The van der Waals surface area contributed by atoms with Crippen molar-refractivity contribution >= 4 is 23.2 Å². The summed E-state index contributed by atoms with van der Waals surface area (Å²) in [7, 11) is 0. The van der Waals surface area contributed by atoms with E-state index in [1.807, 2.05) is 245 Å². The molecule has 0 aliphatic heterocycles. The Morgan fingerprint density at radius 1 is 0.299 bits per heavy atom.